The Bertz CT molecular complexity index is 556. The fraction of sp³-hybridized carbons (Fsp3) is 0.0909. The summed E-state index contributed by atoms with van der Waals surface area (Å²) in [6.45, 7) is 0. The van der Waals surface area contributed by atoms with Gasteiger partial charge in [0.2, 0.25) is 0 Å². The Morgan fingerprint density at radius 2 is 1.82 bits per heavy atom. The maximum atomic E-state index is 13.5. The lowest BCUT2D eigenvalue weighted by Gasteiger charge is -2.11. The van der Waals surface area contributed by atoms with E-state index >= 15 is 0 Å². The van der Waals surface area contributed by atoms with E-state index in [0.717, 1.165) is 15.9 Å². The first kappa shape index (κ1) is 13.1. The number of halogens is 4. The van der Waals surface area contributed by atoms with Crippen molar-refractivity contribution in [1.82, 2.24) is 0 Å². The minimum Gasteiger partial charge on any atom is -0.383 e. The molecule has 0 aliphatic heterocycles. The summed E-state index contributed by atoms with van der Waals surface area (Å²) < 4.78 is 27.8. The summed E-state index contributed by atoms with van der Waals surface area (Å²) in [5, 5.41) is 10.1. The van der Waals surface area contributed by atoms with Crippen LogP contribution in [0.1, 0.15) is 17.2 Å². The van der Waals surface area contributed by atoms with Crippen molar-refractivity contribution >= 4 is 43.2 Å². The molecule has 0 saturated carbocycles. The zero-order valence-electron chi connectivity index (χ0n) is 8.25. The van der Waals surface area contributed by atoms with Gasteiger partial charge in [-0.15, -0.1) is 11.3 Å². The monoisotopic (exact) mass is 382 g/mol. The Labute approximate surface area is 117 Å². The molecule has 2 aromatic rings. The molecule has 0 aliphatic rings. The van der Waals surface area contributed by atoms with E-state index in [0.29, 0.717) is 9.35 Å². The predicted octanol–water partition coefficient (Wildman–Crippen LogP) is 4.63. The minimum absolute atomic E-state index is 0.0531. The van der Waals surface area contributed by atoms with Gasteiger partial charge in [-0.2, -0.15) is 0 Å². The lowest BCUT2D eigenvalue weighted by molar-refractivity contribution is 0.214. The molecular formula is C11H6Br2F2OS. The standard InChI is InChI=1S/C11H6Br2F2OS/c12-9-4-7(11(13)17-9)10(16)6-2-1-5(14)3-8(6)15/h1-4,10,16H. The number of aliphatic hydroxyl groups is 1. The van der Waals surface area contributed by atoms with Crippen molar-refractivity contribution in [2.75, 3.05) is 0 Å². The third kappa shape index (κ3) is 2.76. The molecule has 1 heterocycles. The molecule has 6 heteroatoms. The molecule has 2 rings (SSSR count). The first-order chi connectivity index (χ1) is 7.99. The quantitative estimate of drug-likeness (QED) is 0.801. The van der Waals surface area contributed by atoms with Crippen molar-refractivity contribution < 1.29 is 13.9 Å². The molecule has 90 valence electrons. The number of rotatable bonds is 2. The summed E-state index contributed by atoms with van der Waals surface area (Å²) in [4.78, 5) is 0. The molecule has 1 aromatic heterocycles. The smallest absolute Gasteiger partial charge is 0.132 e. The van der Waals surface area contributed by atoms with Gasteiger partial charge in [-0.3, -0.25) is 0 Å². The highest BCUT2D eigenvalue weighted by Gasteiger charge is 2.19. The third-order valence-electron chi connectivity index (χ3n) is 2.23. The van der Waals surface area contributed by atoms with Gasteiger partial charge in [0.1, 0.15) is 17.7 Å². The van der Waals surface area contributed by atoms with Crippen LogP contribution in [0.5, 0.6) is 0 Å². The topological polar surface area (TPSA) is 20.2 Å². The van der Waals surface area contributed by atoms with Crippen molar-refractivity contribution in [2.45, 2.75) is 6.10 Å². The van der Waals surface area contributed by atoms with Crippen LogP contribution in [0.15, 0.2) is 31.8 Å². The summed E-state index contributed by atoms with van der Waals surface area (Å²) in [6.07, 6.45) is -1.12. The first-order valence-corrected chi connectivity index (χ1v) is 6.97. The van der Waals surface area contributed by atoms with Gasteiger partial charge in [0.15, 0.2) is 0 Å². The summed E-state index contributed by atoms with van der Waals surface area (Å²) in [7, 11) is 0. The molecule has 0 saturated heterocycles. The number of hydrogen-bond donors (Lipinski definition) is 1. The van der Waals surface area contributed by atoms with Gasteiger partial charge in [-0.25, -0.2) is 8.78 Å². The average molecular weight is 384 g/mol. The molecule has 1 atom stereocenters. The van der Waals surface area contributed by atoms with Crippen molar-refractivity contribution in [1.29, 1.82) is 0 Å². The molecule has 1 N–H and O–H groups in total. The van der Waals surface area contributed by atoms with Gasteiger partial charge in [0.25, 0.3) is 0 Å². The van der Waals surface area contributed by atoms with Crippen LogP contribution in [0.25, 0.3) is 0 Å². The highest BCUT2D eigenvalue weighted by molar-refractivity contribution is 9.12. The molecule has 0 bridgehead atoms. The lowest BCUT2D eigenvalue weighted by Crippen LogP contribution is -2.02. The maximum Gasteiger partial charge on any atom is 0.132 e. The summed E-state index contributed by atoms with van der Waals surface area (Å²) in [5.74, 6) is -1.42. The second-order valence-corrected chi connectivity index (χ2v) is 7.10. The molecule has 0 aliphatic carbocycles. The van der Waals surface area contributed by atoms with E-state index in [4.69, 9.17) is 0 Å². The fourth-order valence-electron chi connectivity index (χ4n) is 1.43. The highest BCUT2D eigenvalue weighted by Crippen LogP contribution is 2.38. The maximum absolute atomic E-state index is 13.5. The first-order valence-electron chi connectivity index (χ1n) is 4.57. The summed E-state index contributed by atoms with van der Waals surface area (Å²) in [6, 6.07) is 4.82. The summed E-state index contributed by atoms with van der Waals surface area (Å²) in [5.41, 5.74) is 0.602. The SMILES string of the molecule is OC(c1ccc(F)cc1F)c1cc(Br)sc1Br. The lowest BCUT2D eigenvalue weighted by atomic mass is 10.0. The third-order valence-corrected chi connectivity index (χ3v) is 4.62. The Morgan fingerprint density at radius 1 is 1.12 bits per heavy atom. The molecule has 1 nitrogen and oxygen atoms in total. The number of benzene rings is 1. The van der Waals surface area contributed by atoms with Crippen LogP contribution >= 0.6 is 43.2 Å². The molecule has 0 fully saturated rings. The molecule has 1 aromatic carbocycles. The van der Waals surface area contributed by atoms with E-state index in [9.17, 15) is 13.9 Å². The van der Waals surface area contributed by atoms with Gasteiger partial charge < -0.3 is 5.11 Å². The number of aliphatic hydroxyl groups excluding tert-OH is 1. The second-order valence-electron chi connectivity index (χ2n) is 3.35. The Morgan fingerprint density at radius 3 is 2.35 bits per heavy atom. The van der Waals surface area contributed by atoms with Crippen LogP contribution in [0.3, 0.4) is 0 Å². The van der Waals surface area contributed by atoms with E-state index in [2.05, 4.69) is 31.9 Å². The van der Waals surface area contributed by atoms with Gasteiger partial charge in [-0.1, -0.05) is 6.07 Å². The molecule has 17 heavy (non-hydrogen) atoms. The van der Waals surface area contributed by atoms with E-state index in [1.807, 2.05) is 0 Å². The van der Waals surface area contributed by atoms with Crippen LogP contribution in [-0.4, -0.2) is 5.11 Å². The predicted molar refractivity (Wildman–Crippen MR) is 70.1 cm³/mol. The van der Waals surface area contributed by atoms with Gasteiger partial charge >= 0.3 is 0 Å². The Kier molecular flexibility index (Phi) is 3.97. The summed E-state index contributed by atoms with van der Waals surface area (Å²) >= 11 is 7.94. The normalized spacial score (nSPS) is 12.8. The van der Waals surface area contributed by atoms with Crippen LogP contribution in [-0.2, 0) is 0 Å². The van der Waals surface area contributed by atoms with Crippen LogP contribution < -0.4 is 0 Å². The molecule has 0 amide bonds. The van der Waals surface area contributed by atoms with Crippen molar-refractivity contribution in [3.8, 4) is 0 Å². The average Bonchev–Trinajstić information content (AvgIpc) is 2.57. The van der Waals surface area contributed by atoms with E-state index in [1.54, 1.807) is 6.07 Å². The van der Waals surface area contributed by atoms with Crippen LogP contribution in [0.4, 0.5) is 8.78 Å². The minimum atomic E-state index is -1.12. The van der Waals surface area contributed by atoms with E-state index in [1.165, 1.54) is 17.4 Å². The molecule has 0 spiro atoms. The molecule has 1 unspecified atom stereocenters. The van der Waals surface area contributed by atoms with Crippen LogP contribution in [0.2, 0.25) is 0 Å². The van der Waals surface area contributed by atoms with E-state index < -0.39 is 17.7 Å². The number of hydrogen-bond acceptors (Lipinski definition) is 2. The van der Waals surface area contributed by atoms with Crippen molar-refractivity contribution in [3.05, 3.63) is 54.6 Å². The van der Waals surface area contributed by atoms with Gasteiger partial charge in [0, 0.05) is 17.2 Å². The Hall–Kier alpha value is -0.300. The highest BCUT2D eigenvalue weighted by atomic mass is 79.9. The van der Waals surface area contributed by atoms with Gasteiger partial charge in [-0.05, 0) is 44.0 Å². The molecule has 0 radical (unpaired) electrons. The fourth-order valence-corrected chi connectivity index (χ4v) is 4.31. The second kappa shape index (κ2) is 5.14. The Balaban J connectivity index is 2.43. The van der Waals surface area contributed by atoms with Crippen molar-refractivity contribution in [2.24, 2.45) is 0 Å². The zero-order chi connectivity index (χ0) is 12.6. The zero-order valence-corrected chi connectivity index (χ0v) is 12.2. The van der Waals surface area contributed by atoms with E-state index in [-0.39, 0.29) is 5.56 Å². The number of thiophene rings is 1. The van der Waals surface area contributed by atoms with Crippen molar-refractivity contribution in [3.63, 3.8) is 0 Å². The largest absolute Gasteiger partial charge is 0.383 e. The van der Waals surface area contributed by atoms with Crippen LogP contribution in [0, 0.1) is 11.6 Å². The van der Waals surface area contributed by atoms with Gasteiger partial charge in [0.05, 0.1) is 7.57 Å². The molecular weight excluding hydrogens is 378 g/mol.